The standard InChI is InChI=1S/C14H28N2O/c1-3-5-12(2)15-8-9-16-10-11-17-14-7-4-6-13(14)16/h12-15H,3-11H2,1-2H3. The zero-order valence-corrected chi connectivity index (χ0v) is 11.5. The molecule has 3 atom stereocenters. The van der Waals surface area contributed by atoms with Crippen molar-refractivity contribution in [3.05, 3.63) is 0 Å². The minimum absolute atomic E-state index is 0.539. The third-order valence-corrected chi connectivity index (χ3v) is 4.21. The van der Waals surface area contributed by atoms with Gasteiger partial charge in [-0.25, -0.2) is 0 Å². The van der Waals surface area contributed by atoms with Gasteiger partial charge in [0.1, 0.15) is 0 Å². The van der Waals surface area contributed by atoms with E-state index in [0.717, 1.165) is 19.7 Å². The third-order valence-electron chi connectivity index (χ3n) is 4.21. The number of ether oxygens (including phenoxy) is 1. The fraction of sp³-hybridized carbons (Fsp3) is 1.00. The van der Waals surface area contributed by atoms with E-state index in [1.54, 1.807) is 0 Å². The molecule has 3 nitrogen and oxygen atoms in total. The van der Waals surface area contributed by atoms with Gasteiger partial charge in [-0.15, -0.1) is 0 Å². The summed E-state index contributed by atoms with van der Waals surface area (Å²) >= 11 is 0. The fourth-order valence-corrected chi connectivity index (χ4v) is 3.27. The van der Waals surface area contributed by atoms with Crippen LogP contribution in [0.4, 0.5) is 0 Å². The SMILES string of the molecule is CCCC(C)NCCN1CCOC2CCCC21. The van der Waals surface area contributed by atoms with Gasteiger partial charge in [0.15, 0.2) is 0 Å². The zero-order chi connectivity index (χ0) is 12.1. The van der Waals surface area contributed by atoms with Crippen molar-refractivity contribution in [3.63, 3.8) is 0 Å². The van der Waals surface area contributed by atoms with E-state index in [0.29, 0.717) is 18.2 Å². The minimum atomic E-state index is 0.539. The summed E-state index contributed by atoms with van der Waals surface area (Å²) in [4.78, 5) is 2.65. The number of hydrogen-bond acceptors (Lipinski definition) is 3. The molecular weight excluding hydrogens is 212 g/mol. The molecule has 0 spiro atoms. The molecule has 0 amide bonds. The van der Waals surface area contributed by atoms with Crippen molar-refractivity contribution in [1.29, 1.82) is 0 Å². The number of nitrogens with zero attached hydrogens (tertiary/aromatic N) is 1. The molecular formula is C14H28N2O. The number of hydrogen-bond donors (Lipinski definition) is 1. The smallest absolute Gasteiger partial charge is 0.0730 e. The molecule has 1 N–H and O–H groups in total. The lowest BCUT2D eigenvalue weighted by atomic mass is 10.1. The highest BCUT2D eigenvalue weighted by Gasteiger charge is 2.35. The molecule has 0 bridgehead atoms. The zero-order valence-electron chi connectivity index (χ0n) is 11.5. The second-order valence-corrected chi connectivity index (χ2v) is 5.59. The van der Waals surface area contributed by atoms with E-state index < -0.39 is 0 Å². The highest BCUT2D eigenvalue weighted by molar-refractivity contribution is 4.89. The maximum Gasteiger partial charge on any atom is 0.0730 e. The molecule has 1 aliphatic heterocycles. The molecule has 17 heavy (non-hydrogen) atoms. The third kappa shape index (κ3) is 3.67. The van der Waals surface area contributed by atoms with E-state index >= 15 is 0 Å². The van der Waals surface area contributed by atoms with E-state index in [-0.39, 0.29) is 0 Å². The summed E-state index contributed by atoms with van der Waals surface area (Å²) in [6.45, 7) is 8.93. The Kier molecular flexibility index (Phi) is 5.26. The first-order valence-corrected chi connectivity index (χ1v) is 7.40. The van der Waals surface area contributed by atoms with Crippen molar-refractivity contribution in [3.8, 4) is 0 Å². The number of nitrogens with one attached hydrogen (secondary N) is 1. The highest BCUT2D eigenvalue weighted by Crippen LogP contribution is 2.29. The summed E-state index contributed by atoms with van der Waals surface area (Å²) in [5, 5.41) is 3.63. The Bertz CT molecular complexity index is 222. The van der Waals surface area contributed by atoms with Gasteiger partial charge in [0, 0.05) is 31.7 Å². The molecule has 1 heterocycles. The predicted octanol–water partition coefficient (Wildman–Crippen LogP) is 2.02. The lowest BCUT2D eigenvalue weighted by Gasteiger charge is -2.37. The van der Waals surface area contributed by atoms with Crippen LogP contribution in [0.3, 0.4) is 0 Å². The first kappa shape index (κ1) is 13.3. The van der Waals surface area contributed by atoms with Gasteiger partial charge in [-0.1, -0.05) is 13.3 Å². The van der Waals surface area contributed by atoms with E-state index in [9.17, 15) is 0 Å². The Morgan fingerprint density at radius 1 is 1.41 bits per heavy atom. The van der Waals surface area contributed by atoms with Crippen LogP contribution < -0.4 is 5.32 Å². The molecule has 0 aromatic heterocycles. The molecule has 0 aromatic rings. The van der Waals surface area contributed by atoms with Crippen LogP contribution in [0.25, 0.3) is 0 Å². The summed E-state index contributed by atoms with van der Waals surface area (Å²) in [6, 6.07) is 1.38. The molecule has 1 aliphatic carbocycles. The van der Waals surface area contributed by atoms with E-state index in [1.807, 2.05) is 0 Å². The first-order chi connectivity index (χ1) is 8.31. The Morgan fingerprint density at radius 3 is 3.12 bits per heavy atom. The van der Waals surface area contributed by atoms with Crippen LogP contribution in [0.1, 0.15) is 46.0 Å². The van der Waals surface area contributed by atoms with Crippen molar-refractivity contribution >= 4 is 0 Å². The topological polar surface area (TPSA) is 24.5 Å². The Morgan fingerprint density at radius 2 is 2.29 bits per heavy atom. The molecule has 0 aromatic carbocycles. The molecule has 1 saturated heterocycles. The van der Waals surface area contributed by atoms with Crippen molar-refractivity contribution in [2.24, 2.45) is 0 Å². The van der Waals surface area contributed by atoms with Crippen LogP contribution >= 0.6 is 0 Å². The van der Waals surface area contributed by atoms with Crippen LogP contribution in [-0.2, 0) is 4.74 Å². The van der Waals surface area contributed by atoms with Crippen molar-refractivity contribution < 1.29 is 4.74 Å². The molecule has 0 radical (unpaired) electrons. The van der Waals surface area contributed by atoms with E-state index in [4.69, 9.17) is 4.74 Å². The Labute approximate surface area is 106 Å². The summed E-state index contributed by atoms with van der Waals surface area (Å²) in [5.74, 6) is 0. The van der Waals surface area contributed by atoms with Crippen LogP contribution in [0.2, 0.25) is 0 Å². The number of fused-ring (bicyclic) bond motifs is 1. The summed E-state index contributed by atoms with van der Waals surface area (Å²) < 4.78 is 5.84. The average molecular weight is 240 g/mol. The lowest BCUT2D eigenvalue weighted by Crippen LogP contribution is -2.50. The molecule has 1 saturated carbocycles. The van der Waals surface area contributed by atoms with Gasteiger partial charge in [0.2, 0.25) is 0 Å². The van der Waals surface area contributed by atoms with Gasteiger partial charge in [-0.2, -0.15) is 0 Å². The van der Waals surface area contributed by atoms with Gasteiger partial charge in [0.25, 0.3) is 0 Å². The average Bonchev–Trinajstić information content (AvgIpc) is 2.78. The highest BCUT2D eigenvalue weighted by atomic mass is 16.5. The monoisotopic (exact) mass is 240 g/mol. The lowest BCUT2D eigenvalue weighted by molar-refractivity contribution is -0.0549. The van der Waals surface area contributed by atoms with Gasteiger partial charge in [0.05, 0.1) is 12.7 Å². The largest absolute Gasteiger partial charge is 0.375 e. The quantitative estimate of drug-likeness (QED) is 0.769. The second kappa shape index (κ2) is 6.72. The predicted molar refractivity (Wildman–Crippen MR) is 71.3 cm³/mol. The van der Waals surface area contributed by atoms with Crippen molar-refractivity contribution in [2.75, 3.05) is 26.2 Å². The maximum absolute atomic E-state index is 5.84. The van der Waals surface area contributed by atoms with Gasteiger partial charge >= 0.3 is 0 Å². The van der Waals surface area contributed by atoms with Crippen molar-refractivity contribution in [1.82, 2.24) is 10.2 Å². The van der Waals surface area contributed by atoms with E-state index in [2.05, 4.69) is 24.1 Å². The maximum atomic E-state index is 5.84. The molecule has 2 rings (SSSR count). The number of rotatable bonds is 6. The summed E-state index contributed by atoms with van der Waals surface area (Å²) in [7, 11) is 0. The number of morpholine rings is 1. The van der Waals surface area contributed by atoms with Crippen LogP contribution in [0.15, 0.2) is 0 Å². The Balaban J connectivity index is 1.67. The summed E-state index contributed by atoms with van der Waals surface area (Å²) in [5.41, 5.74) is 0. The molecule has 100 valence electrons. The second-order valence-electron chi connectivity index (χ2n) is 5.59. The summed E-state index contributed by atoms with van der Waals surface area (Å²) in [6.07, 6.45) is 7.07. The van der Waals surface area contributed by atoms with Gasteiger partial charge in [-0.05, 0) is 32.6 Å². The minimum Gasteiger partial charge on any atom is -0.375 e. The van der Waals surface area contributed by atoms with Gasteiger partial charge in [-0.3, -0.25) is 4.90 Å². The Hall–Kier alpha value is -0.120. The van der Waals surface area contributed by atoms with Gasteiger partial charge < -0.3 is 10.1 Å². The fourth-order valence-electron chi connectivity index (χ4n) is 3.27. The van der Waals surface area contributed by atoms with E-state index in [1.165, 1.54) is 38.6 Å². The first-order valence-electron chi connectivity index (χ1n) is 7.40. The van der Waals surface area contributed by atoms with Crippen LogP contribution in [0.5, 0.6) is 0 Å². The van der Waals surface area contributed by atoms with Crippen LogP contribution in [-0.4, -0.2) is 49.3 Å². The molecule has 3 heteroatoms. The molecule has 2 aliphatic rings. The normalized spacial score (nSPS) is 31.4. The van der Waals surface area contributed by atoms with Crippen molar-refractivity contribution in [2.45, 2.75) is 64.1 Å². The van der Waals surface area contributed by atoms with Crippen LogP contribution in [0, 0.1) is 0 Å². The molecule has 2 fully saturated rings. The molecule has 3 unspecified atom stereocenters.